The summed E-state index contributed by atoms with van der Waals surface area (Å²) < 4.78 is 4.53. The van der Waals surface area contributed by atoms with E-state index in [-0.39, 0.29) is 24.8 Å². The molecule has 0 nitrogen and oxygen atoms in total. The largest absolute Gasteiger partial charge is 0.147 e. The molecule has 5 aliphatic rings. The Labute approximate surface area is 331 Å². The molecule has 1 aliphatic heterocycles. The van der Waals surface area contributed by atoms with Crippen LogP contribution in [0.5, 0.6) is 0 Å². The molecule has 0 spiro atoms. The molecule has 1 saturated heterocycles. The van der Waals surface area contributed by atoms with Crippen LogP contribution in [0.25, 0.3) is 56.0 Å². The second kappa shape index (κ2) is 14.1. The Kier molecular flexibility index (Phi) is 9.45. The fourth-order valence-corrected chi connectivity index (χ4v) is 39.8. The molecular weight excluding hydrogens is 850 g/mol. The minimum Gasteiger partial charge on any atom is -0.147 e. The van der Waals surface area contributed by atoms with Crippen LogP contribution in [-0.2, 0) is 20.0 Å². The molecule has 6 aromatic carbocycles. The van der Waals surface area contributed by atoms with E-state index in [2.05, 4.69) is 133 Å². The Morgan fingerprint density at radius 3 is 1.21 bits per heavy atom. The normalized spacial score (nSPS) is 21.5. The van der Waals surface area contributed by atoms with Crippen LogP contribution in [-0.4, -0.2) is 0 Å². The molecular formula is C50H48Cl2Hf. The van der Waals surface area contributed by atoms with Crippen LogP contribution in [0.1, 0.15) is 81.0 Å². The molecule has 0 aromatic heterocycles. The van der Waals surface area contributed by atoms with Gasteiger partial charge in [-0.25, -0.2) is 0 Å². The van der Waals surface area contributed by atoms with Crippen LogP contribution in [0.3, 0.4) is 0 Å². The number of fused-ring (bicyclic) bond motifs is 4. The number of hydrogen-bond acceptors (Lipinski definition) is 0. The molecule has 2 atom stereocenters. The standard InChI is InChI=1S/2C24H21.C2H4.2ClH.Hf/c2*1-2-8-17(7-1)20-15-19-11-6-14-23(24(19)16-20)22-13-5-10-18-9-3-4-12-21(18)22;1-2;;;/h2*3-6,9-17H,1-2,7-8H2;1-2H2;2*1H;. The summed E-state index contributed by atoms with van der Waals surface area (Å²) in [5.41, 5.74) is 16.1. The number of allylic oxidation sites excluding steroid dienone is 2. The average molecular weight is 898 g/mol. The van der Waals surface area contributed by atoms with Gasteiger partial charge in [0.25, 0.3) is 0 Å². The van der Waals surface area contributed by atoms with Crippen molar-refractivity contribution in [1.29, 1.82) is 0 Å². The molecule has 0 bridgehead atoms. The van der Waals surface area contributed by atoms with Crippen molar-refractivity contribution in [2.45, 2.75) is 67.1 Å². The summed E-state index contributed by atoms with van der Waals surface area (Å²) in [4.78, 5) is 0. The molecule has 0 amide bonds. The molecule has 266 valence electrons. The first-order chi connectivity index (χ1) is 25.3. The summed E-state index contributed by atoms with van der Waals surface area (Å²) in [7, 11) is 0. The smallest absolute Gasteiger partial charge is 0.147 e. The van der Waals surface area contributed by atoms with E-state index in [1.807, 2.05) is 11.1 Å². The fourth-order valence-electron chi connectivity index (χ4n) is 11.6. The molecule has 0 radical (unpaired) electrons. The van der Waals surface area contributed by atoms with Crippen molar-refractivity contribution in [3.63, 3.8) is 0 Å². The second-order valence-corrected chi connectivity index (χ2v) is 33.1. The Morgan fingerprint density at radius 2 is 0.774 bits per heavy atom. The van der Waals surface area contributed by atoms with Crippen LogP contribution in [0.2, 0.25) is 8.35 Å². The third-order valence-corrected chi connectivity index (χ3v) is 32.8. The van der Waals surface area contributed by atoms with Crippen molar-refractivity contribution >= 4 is 58.5 Å². The quantitative estimate of drug-likeness (QED) is 0.146. The van der Waals surface area contributed by atoms with Gasteiger partial charge >= 0.3 is 310 Å². The molecule has 53 heavy (non-hydrogen) atoms. The molecule has 4 aliphatic carbocycles. The molecule has 0 N–H and O–H groups in total. The zero-order valence-electron chi connectivity index (χ0n) is 30.4. The van der Waals surface area contributed by atoms with Crippen LogP contribution in [0.4, 0.5) is 0 Å². The van der Waals surface area contributed by atoms with Gasteiger partial charge in [0.15, 0.2) is 0 Å². The van der Waals surface area contributed by atoms with E-state index < -0.39 is 20.0 Å². The summed E-state index contributed by atoms with van der Waals surface area (Å²) in [6.45, 7) is 0. The zero-order valence-corrected chi connectivity index (χ0v) is 35.6. The Hall–Kier alpha value is -3.23. The van der Waals surface area contributed by atoms with Gasteiger partial charge in [0, 0.05) is 0 Å². The Balaban J connectivity index is 0.00000186. The van der Waals surface area contributed by atoms with E-state index in [0.717, 1.165) is 11.8 Å². The third kappa shape index (κ3) is 5.62. The van der Waals surface area contributed by atoms with Gasteiger partial charge in [0.1, 0.15) is 0 Å². The number of halogens is 2. The van der Waals surface area contributed by atoms with Crippen molar-refractivity contribution < 1.29 is 20.0 Å². The van der Waals surface area contributed by atoms with E-state index in [1.54, 1.807) is 30.6 Å². The van der Waals surface area contributed by atoms with Crippen molar-refractivity contribution in [2.75, 3.05) is 0 Å². The maximum atomic E-state index is 2.79. The van der Waals surface area contributed by atoms with E-state index in [4.69, 9.17) is 0 Å². The van der Waals surface area contributed by atoms with Gasteiger partial charge in [-0.3, -0.25) is 0 Å². The van der Waals surface area contributed by atoms with Gasteiger partial charge in [-0.05, 0) is 0 Å². The Bertz CT molecular complexity index is 2240. The Morgan fingerprint density at radius 1 is 0.396 bits per heavy atom. The van der Waals surface area contributed by atoms with Gasteiger partial charge in [0.2, 0.25) is 0 Å². The van der Waals surface area contributed by atoms with Gasteiger partial charge < -0.3 is 0 Å². The second-order valence-electron chi connectivity index (χ2n) is 16.5. The molecule has 3 fully saturated rings. The van der Waals surface area contributed by atoms with Gasteiger partial charge in [0.05, 0.1) is 0 Å². The molecule has 2 saturated carbocycles. The number of benzene rings is 6. The molecule has 6 aromatic rings. The predicted octanol–water partition coefficient (Wildman–Crippen LogP) is 15.1. The summed E-state index contributed by atoms with van der Waals surface area (Å²) in [6, 6.07) is 46.8. The molecule has 3 heteroatoms. The third-order valence-electron chi connectivity index (χ3n) is 14.0. The number of hydrogen-bond donors (Lipinski definition) is 0. The summed E-state index contributed by atoms with van der Waals surface area (Å²) in [5, 5.41) is 5.46. The first-order valence-corrected chi connectivity index (χ1v) is 29.2. The van der Waals surface area contributed by atoms with Crippen LogP contribution in [0.15, 0.2) is 132 Å². The monoisotopic (exact) mass is 898 g/mol. The fraction of sp³-hybridized carbons (Fsp3) is 0.280. The maximum absolute atomic E-state index is 3.09. The SMILES string of the molecule is C1=C(C2CCCC2)[CH]([Hf]2([CH]3C(C4CCCC4)=Cc4c(-c5cccc6ccccc56)cccc43)[CH2][CH2]2)c2cccc(-c3cccc4ccccc34)c21.Cl.Cl. The minimum absolute atomic E-state index is 0. The topological polar surface area (TPSA) is 0 Å². The predicted molar refractivity (Wildman–Crippen MR) is 228 cm³/mol. The van der Waals surface area contributed by atoms with Crippen molar-refractivity contribution in [2.24, 2.45) is 11.8 Å². The maximum Gasteiger partial charge on any atom is -0.147 e. The van der Waals surface area contributed by atoms with E-state index >= 15 is 0 Å². The van der Waals surface area contributed by atoms with E-state index in [0.29, 0.717) is 7.35 Å². The van der Waals surface area contributed by atoms with Crippen LogP contribution in [0, 0.1) is 11.8 Å². The number of rotatable bonds is 6. The van der Waals surface area contributed by atoms with Crippen LogP contribution >= 0.6 is 24.8 Å². The summed E-state index contributed by atoms with van der Waals surface area (Å²) in [6.07, 6.45) is 16.7. The van der Waals surface area contributed by atoms with Gasteiger partial charge in [-0.15, -0.1) is 24.8 Å². The molecule has 2 unspecified atom stereocenters. The first kappa shape index (κ1) is 35.5. The van der Waals surface area contributed by atoms with Gasteiger partial charge in [-0.2, -0.15) is 0 Å². The minimum atomic E-state index is -3.09. The van der Waals surface area contributed by atoms with Crippen molar-refractivity contribution in [1.82, 2.24) is 0 Å². The first-order valence-electron chi connectivity index (χ1n) is 19.9. The van der Waals surface area contributed by atoms with Crippen LogP contribution < -0.4 is 0 Å². The average Bonchev–Trinajstić information content (AvgIpc) is 3.72. The van der Waals surface area contributed by atoms with E-state index in [9.17, 15) is 0 Å². The van der Waals surface area contributed by atoms with E-state index in [1.165, 1.54) is 95.2 Å². The van der Waals surface area contributed by atoms with Crippen molar-refractivity contribution in [3.05, 3.63) is 155 Å². The summed E-state index contributed by atoms with van der Waals surface area (Å²) in [5.74, 6) is 1.53. The summed E-state index contributed by atoms with van der Waals surface area (Å²) >= 11 is -3.09. The molecule has 11 rings (SSSR count). The van der Waals surface area contributed by atoms with Crippen molar-refractivity contribution in [3.8, 4) is 22.3 Å². The molecule has 1 heterocycles. The van der Waals surface area contributed by atoms with Gasteiger partial charge in [-0.1, -0.05) is 0 Å². The zero-order chi connectivity index (χ0) is 33.5.